The van der Waals surface area contributed by atoms with Crippen molar-refractivity contribution in [1.82, 2.24) is 19.9 Å². The molecule has 138 valence electrons. The predicted octanol–water partition coefficient (Wildman–Crippen LogP) is 2.07. The van der Waals surface area contributed by atoms with Crippen LogP contribution in [0.25, 0.3) is 0 Å². The molecule has 0 bridgehead atoms. The number of hydrogen-bond acceptors (Lipinski definition) is 6. The van der Waals surface area contributed by atoms with Gasteiger partial charge in [-0.25, -0.2) is 15.0 Å². The summed E-state index contributed by atoms with van der Waals surface area (Å²) in [6, 6.07) is 5.61. The maximum atomic E-state index is 12.7. The summed E-state index contributed by atoms with van der Waals surface area (Å²) >= 11 is 0. The molecule has 1 aliphatic rings. The van der Waals surface area contributed by atoms with Crippen LogP contribution in [0.5, 0.6) is 0 Å². The third-order valence-electron chi connectivity index (χ3n) is 4.63. The van der Waals surface area contributed by atoms with Crippen LogP contribution in [0.1, 0.15) is 30.1 Å². The molecule has 7 nitrogen and oxygen atoms in total. The van der Waals surface area contributed by atoms with Crippen LogP contribution in [0.2, 0.25) is 0 Å². The molecule has 26 heavy (non-hydrogen) atoms. The molecule has 2 aromatic rings. The van der Waals surface area contributed by atoms with E-state index in [1.807, 2.05) is 24.1 Å². The van der Waals surface area contributed by atoms with Crippen molar-refractivity contribution in [3.8, 4) is 0 Å². The summed E-state index contributed by atoms with van der Waals surface area (Å²) in [4.78, 5) is 31.8. The van der Waals surface area contributed by atoms with Crippen LogP contribution in [0.3, 0.4) is 0 Å². The highest BCUT2D eigenvalue weighted by Gasteiger charge is 2.23. The third-order valence-corrected chi connectivity index (χ3v) is 4.63. The first-order valence-electron chi connectivity index (χ1n) is 9.17. The maximum absolute atomic E-state index is 12.7. The van der Waals surface area contributed by atoms with Gasteiger partial charge in [0.1, 0.15) is 5.82 Å². The summed E-state index contributed by atoms with van der Waals surface area (Å²) in [7, 11) is 2.03. The second-order valence-corrected chi connectivity index (χ2v) is 6.51. The van der Waals surface area contributed by atoms with E-state index in [1.165, 1.54) is 0 Å². The van der Waals surface area contributed by atoms with Crippen molar-refractivity contribution in [2.24, 2.45) is 0 Å². The molecular formula is C19H26N6O. The third kappa shape index (κ3) is 4.28. The summed E-state index contributed by atoms with van der Waals surface area (Å²) in [5, 5.41) is 0. The summed E-state index contributed by atoms with van der Waals surface area (Å²) in [6.07, 6.45) is 7.46. The number of anilines is 2. The molecule has 2 aromatic heterocycles. The highest BCUT2D eigenvalue weighted by molar-refractivity contribution is 5.94. The molecule has 7 heteroatoms. The Balaban J connectivity index is 1.56. The van der Waals surface area contributed by atoms with E-state index in [9.17, 15) is 4.79 Å². The van der Waals surface area contributed by atoms with Crippen molar-refractivity contribution in [2.45, 2.75) is 19.8 Å². The van der Waals surface area contributed by atoms with Crippen molar-refractivity contribution in [2.75, 3.05) is 49.6 Å². The normalized spacial score (nSPS) is 14.4. The van der Waals surface area contributed by atoms with Gasteiger partial charge in [-0.3, -0.25) is 4.79 Å². The van der Waals surface area contributed by atoms with Gasteiger partial charge in [0.05, 0.1) is 5.56 Å². The molecule has 0 aliphatic carbocycles. The molecule has 0 atom stereocenters. The van der Waals surface area contributed by atoms with E-state index in [0.29, 0.717) is 18.7 Å². The molecule has 3 rings (SSSR count). The van der Waals surface area contributed by atoms with Crippen LogP contribution in [0.4, 0.5) is 11.8 Å². The van der Waals surface area contributed by atoms with Gasteiger partial charge in [-0.1, -0.05) is 13.3 Å². The van der Waals surface area contributed by atoms with Gasteiger partial charge in [0.2, 0.25) is 5.95 Å². The summed E-state index contributed by atoms with van der Waals surface area (Å²) in [5.74, 6) is 1.66. The van der Waals surface area contributed by atoms with Crippen LogP contribution in [0, 0.1) is 0 Å². The monoisotopic (exact) mass is 354 g/mol. The van der Waals surface area contributed by atoms with Crippen LogP contribution < -0.4 is 9.80 Å². The van der Waals surface area contributed by atoms with Gasteiger partial charge >= 0.3 is 0 Å². The molecule has 0 spiro atoms. The number of carbonyl (C=O) groups is 1. The second kappa shape index (κ2) is 8.60. The average molecular weight is 354 g/mol. The number of hydrogen-bond donors (Lipinski definition) is 0. The first-order valence-corrected chi connectivity index (χ1v) is 9.17. The lowest BCUT2D eigenvalue weighted by Gasteiger charge is -2.34. The largest absolute Gasteiger partial charge is 0.360 e. The zero-order valence-corrected chi connectivity index (χ0v) is 15.5. The van der Waals surface area contributed by atoms with Gasteiger partial charge in [0, 0.05) is 58.4 Å². The molecule has 1 amide bonds. The zero-order valence-electron chi connectivity index (χ0n) is 15.5. The summed E-state index contributed by atoms with van der Waals surface area (Å²) in [5.41, 5.74) is 0.641. The lowest BCUT2D eigenvalue weighted by molar-refractivity contribution is 0.0746. The smallest absolute Gasteiger partial charge is 0.255 e. The van der Waals surface area contributed by atoms with E-state index < -0.39 is 0 Å². The minimum absolute atomic E-state index is 0.0360. The highest BCUT2D eigenvalue weighted by atomic mass is 16.2. The Morgan fingerprint density at radius 1 is 1.12 bits per heavy atom. The molecule has 0 N–H and O–H groups in total. The van der Waals surface area contributed by atoms with E-state index in [1.54, 1.807) is 24.7 Å². The lowest BCUT2D eigenvalue weighted by Crippen LogP contribution is -2.49. The van der Waals surface area contributed by atoms with Crippen molar-refractivity contribution in [3.05, 3.63) is 42.4 Å². The Bertz CT molecular complexity index is 698. The van der Waals surface area contributed by atoms with Gasteiger partial charge in [-0.05, 0) is 24.6 Å². The van der Waals surface area contributed by atoms with Crippen LogP contribution in [-0.4, -0.2) is 65.5 Å². The summed E-state index contributed by atoms with van der Waals surface area (Å²) < 4.78 is 0. The number of amides is 1. The van der Waals surface area contributed by atoms with Crippen molar-refractivity contribution < 1.29 is 4.79 Å². The topological polar surface area (TPSA) is 65.5 Å². The van der Waals surface area contributed by atoms with E-state index >= 15 is 0 Å². The molecule has 0 aromatic carbocycles. The van der Waals surface area contributed by atoms with Crippen LogP contribution in [-0.2, 0) is 0 Å². The minimum Gasteiger partial charge on any atom is -0.360 e. The fourth-order valence-electron chi connectivity index (χ4n) is 2.99. The quantitative estimate of drug-likeness (QED) is 0.791. The Kier molecular flexibility index (Phi) is 5.99. The minimum atomic E-state index is 0.0360. The molecule has 1 fully saturated rings. The predicted molar refractivity (Wildman–Crippen MR) is 103 cm³/mol. The number of unbranched alkanes of at least 4 members (excludes halogenated alkanes) is 1. The van der Waals surface area contributed by atoms with Crippen molar-refractivity contribution >= 4 is 17.7 Å². The van der Waals surface area contributed by atoms with Gasteiger partial charge < -0.3 is 14.7 Å². The zero-order chi connectivity index (χ0) is 18.4. The summed E-state index contributed by atoms with van der Waals surface area (Å²) in [6.45, 7) is 5.94. The number of carbonyl (C=O) groups excluding carboxylic acids is 1. The van der Waals surface area contributed by atoms with Gasteiger partial charge in [0.15, 0.2) is 0 Å². The van der Waals surface area contributed by atoms with E-state index in [2.05, 4.69) is 31.7 Å². The van der Waals surface area contributed by atoms with Crippen molar-refractivity contribution in [1.29, 1.82) is 0 Å². The molecule has 0 unspecified atom stereocenters. The average Bonchev–Trinajstić information content (AvgIpc) is 2.72. The molecule has 0 saturated carbocycles. The molecule has 1 aliphatic heterocycles. The van der Waals surface area contributed by atoms with Crippen molar-refractivity contribution in [3.63, 3.8) is 0 Å². The SMILES string of the molecule is CCCCN(C)c1ccc(C(=O)N2CCN(c3ncccn3)CC2)cn1. The molecule has 1 saturated heterocycles. The standard InChI is InChI=1S/C19H26N6O/c1-3-4-10-23(2)17-7-6-16(15-22-17)18(26)24-11-13-25(14-12-24)19-20-8-5-9-21-19/h5-9,15H,3-4,10-14H2,1-2H3. The van der Waals surface area contributed by atoms with E-state index in [0.717, 1.165) is 44.2 Å². The Morgan fingerprint density at radius 3 is 2.46 bits per heavy atom. The number of rotatable bonds is 6. The second-order valence-electron chi connectivity index (χ2n) is 6.51. The number of pyridine rings is 1. The van der Waals surface area contributed by atoms with Crippen LogP contribution in [0.15, 0.2) is 36.8 Å². The Labute approximate surface area is 154 Å². The molecular weight excluding hydrogens is 328 g/mol. The number of piperazine rings is 1. The Morgan fingerprint density at radius 2 is 1.85 bits per heavy atom. The maximum Gasteiger partial charge on any atom is 0.255 e. The van der Waals surface area contributed by atoms with E-state index in [-0.39, 0.29) is 5.91 Å². The highest BCUT2D eigenvalue weighted by Crippen LogP contribution is 2.15. The van der Waals surface area contributed by atoms with Gasteiger partial charge in [-0.15, -0.1) is 0 Å². The fourth-order valence-corrected chi connectivity index (χ4v) is 2.99. The lowest BCUT2D eigenvalue weighted by atomic mass is 10.2. The number of nitrogens with zero attached hydrogens (tertiary/aromatic N) is 6. The molecule has 0 radical (unpaired) electrons. The first-order chi connectivity index (χ1) is 12.7. The molecule has 3 heterocycles. The van der Waals surface area contributed by atoms with Gasteiger partial charge in [0.25, 0.3) is 5.91 Å². The van der Waals surface area contributed by atoms with E-state index in [4.69, 9.17) is 0 Å². The number of aromatic nitrogens is 3. The fraction of sp³-hybridized carbons (Fsp3) is 0.474. The van der Waals surface area contributed by atoms with Crippen LogP contribution >= 0.6 is 0 Å². The van der Waals surface area contributed by atoms with Gasteiger partial charge in [-0.2, -0.15) is 0 Å². The Hall–Kier alpha value is -2.70. The first kappa shape index (κ1) is 18.1.